The molecule has 1 fully saturated rings. The maximum atomic E-state index is 12.4. The van der Waals surface area contributed by atoms with Crippen molar-refractivity contribution in [1.82, 2.24) is 9.29 Å². The average Bonchev–Trinajstić information content (AvgIpc) is 2.38. The summed E-state index contributed by atoms with van der Waals surface area (Å²) in [6, 6.07) is 2.66. The van der Waals surface area contributed by atoms with Crippen LogP contribution in [0.5, 0.6) is 0 Å². The van der Waals surface area contributed by atoms with Gasteiger partial charge in [0, 0.05) is 19.8 Å². The number of likely N-dealkylation sites (N-methyl/N-ethyl adjacent to an activating group) is 1. The van der Waals surface area contributed by atoms with E-state index in [2.05, 4.69) is 4.98 Å². The van der Waals surface area contributed by atoms with E-state index in [9.17, 15) is 13.2 Å². The Morgan fingerprint density at radius 2 is 2.15 bits per heavy atom. The van der Waals surface area contributed by atoms with Crippen molar-refractivity contribution in [2.24, 2.45) is 0 Å². The lowest BCUT2D eigenvalue weighted by Gasteiger charge is -2.35. The van der Waals surface area contributed by atoms with Crippen LogP contribution in [-0.2, 0) is 14.8 Å². The Labute approximate surface area is 120 Å². The lowest BCUT2D eigenvalue weighted by molar-refractivity contribution is -0.123. The van der Waals surface area contributed by atoms with Gasteiger partial charge < -0.3 is 0 Å². The van der Waals surface area contributed by atoms with Crippen molar-refractivity contribution < 1.29 is 13.2 Å². The second kappa shape index (κ2) is 5.53. The average molecular weight is 293 g/mol. The van der Waals surface area contributed by atoms with Crippen LogP contribution in [0.4, 0.5) is 5.82 Å². The summed E-state index contributed by atoms with van der Waals surface area (Å²) in [7, 11) is 3.60. The van der Waals surface area contributed by atoms with E-state index in [1.807, 2.05) is 0 Å². The highest BCUT2D eigenvalue weighted by atomic mass is 32.2. The fourth-order valence-electron chi connectivity index (χ4n) is 2.21. The highest BCUT2D eigenvalue weighted by molar-refractivity contribution is 7.88. The van der Waals surface area contributed by atoms with Crippen LogP contribution < -0.4 is 10.4 Å². The Morgan fingerprint density at radius 1 is 1.45 bits per heavy atom. The summed E-state index contributed by atoms with van der Waals surface area (Å²) in [6.07, 6.45) is 3.82. The molecule has 2 radical (unpaired) electrons. The molecule has 8 heteroatoms. The predicted molar refractivity (Wildman–Crippen MR) is 77.6 cm³/mol. The molecule has 1 aromatic heterocycles. The minimum Gasteiger partial charge on any atom is -0.295 e. The Kier molecular flexibility index (Phi) is 4.15. The molecule has 1 aliphatic heterocycles. The maximum Gasteiger partial charge on any atom is 0.246 e. The number of hydrogen-bond acceptors (Lipinski definition) is 4. The lowest BCUT2D eigenvalue weighted by atomic mass is 9.99. The summed E-state index contributed by atoms with van der Waals surface area (Å²) < 4.78 is 24.3. The van der Waals surface area contributed by atoms with E-state index in [1.54, 1.807) is 12.1 Å². The van der Waals surface area contributed by atoms with Crippen LogP contribution in [0.25, 0.3) is 0 Å². The number of sulfonamides is 1. The Bertz CT molecular complexity index is 603. The Morgan fingerprint density at radius 3 is 2.70 bits per heavy atom. The number of anilines is 1. The molecule has 0 N–H and O–H groups in total. The predicted octanol–water partition coefficient (Wildman–Crippen LogP) is -0.738. The number of piperidine rings is 1. The highest BCUT2D eigenvalue weighted by Crippen LogP contribution is 2.22. The molecule has 1 aromatic rings. The van der Waals surface area contributed by atoms with Gasteiger partial charge in [0.05, 0.1) is 6.26 Å². The minimum absolute atomic E-state index is 0.249. The standard InChI is InChI=1S/C12H16BN3O3S/c1-15(20(2,18)19)10-4-3-7-16(12(10)17)11-6-5-9(13)8-14-11/h5-6,8,10H,3-4,7H2,1-2H3. The van der Waals surface area contributed by atoms with Crippen LogP contribution in [0.2, 0.25) is 0 Å². The molecule has 0 aromatic carbocycles. The molecule has 0 saturated carbocycles. The minimum atomic E-state index is -3.40. The van der Waals surface area contributed by atoms with E-state index in [0.29, 0.717) is 24.2 Å². The third kappa shape index (κ3) is 3.01. The fraction of sp³-hybridized carbons (Fsp3) is 0.500. The number of aromatic nitrogens is 1. The molecule has 106 valence electrons. The summed E-state index contributed by atoms with van der Waals surface area (Å²) >= 11 is 0. The summed E-state index contributed by atoms with van der Waals surface area (Å²) in [5.74, 6) is 0.247. The van der Waals surface area contributed by atoms with Gasteiger partial charge in [-0.1, -0.05) is 11.5 Å². The highest BCUT2D eigenvalue weighted by Gasteiger charge is 2.36. The van der Waals surface area contributed by atoms with Gasteiger partial charge in [-0.15, -0.1) is 0 Å². The zero-order valence-electron chi connectivity index (χ0n) is 11.5. The summed E-state index contributed by atoms with van der Waals surface area (Å²) in [6.45, 7) is 0.532. The number of carbonyl (C=O) groups is 1. The SMILES string of the molecule is [B]c1ccc(N2CCCC(N(C)S(C)(=O)=O)C2=O)nc1. The molecule has 20 heavy (non-hydrogen) atoms. The first kappa shape index (κ1) is 15.0. The molecule has 0 spiro atoms. The largest absolute Gasteiger partial charge is 0.295 e. The van der Waals surface area contributed by atoms with Gasteiger partial charge in [-0.05, 0) is 18.9 Å². The molecular formula is C12H16BN3O3S. The van der Waals surface area contributed by atoms with Crippen LogP contribution in [0, 0.1) is 0 Å². The van der Waals surface area contributed by atoms with Gasteiger partial charge in [0.25, 0.3) is 0 Å². The van der Waals surface area contributed by atoms with E-state index in [-0.39, 0.29) is 5.91 Å². The molecule has 1 aliphatic rings. The topological polar surface area (TPSA) is 70.6 Å². The van der Waals surface area contributed by atoms with E-state index in [0.717, 1.165) is 17.0 Å². The van der Waals surface area contributed by atoms with E-state index < -0.39 is 16.1 Å². The van der Waals surface area contributed by atoms with Crippen molar-refractivity contribution in [1.29, 1.82) is 0 Å². The molecule has 0 bridgehead atoms. The van der Waals surface area contributed by atoms with Crippen molar-refractivity contribution in [3.05, 3.63) is 18.3 Å². The first-order valence-electron chi connectivity index (χ1n) is 6.26. The fourth-order valence-corrected chi connectivity index (χ4v) is 2.87. The van der Waals surface area contributed by atoms with Gasteiger partial charge in [0.1, 0.15) is 19.7 Å². The lowest BCUT2D eigenvalue weighted by Crippen LogP contribution is -2.53. The number of amides is 1. The van der Waals surface area contributed by atoms with Crippen molar-refractivity contribution >= 4 is 35.1 Å². The molecule has 1 atom stereocenters. The van der Waals surface area contributed by atoms with Gasteiger partial charge in [-0.2, -0.15) is 4.31 Å². The normalized spacial score (nSPS) is 20.4. The van der Waals surface area contributed by atoms with Crippen LogP contribution >= 0.6 is 0 Å². The molecule has 1 amide bonds. The molecule has 2 rings (SSSR count). The van der Waals surface area contributed by atoms with Crippen molar-refractivity contribution in [3.8, 4) is 0 Å². The van der Waals surface area contributed by atoms with Gasteiger partial charge in [-0.3, -0.25) is 9.69 Å². The van der Waals surface area contributed by atoms with E-state index in [1.165, 1.54) is 18.1 Å². The molecule has 0 aliphatic carbocycles. The molecule has 6 nitrogen and oxygen atoms in total. The number of nitrogens with zero attached hydrogens (tertiary/aromatic N) is 3. The van der Waals surface area contributed by atoms with Gasteiger partial charge in [-0.25, -0.2) is 13.4 Å². The maximum absolute atomic E-state index is 12.4. The van der Waals surface area contributed by atoms with Crippen LogP contribution in [0.3, 0.4) is 0 Å². The van der Waals surface area contributed by atoms with Crippen LogP contribution in [-0.4, -0.2) is 57.4 Å². The number of rotatable bonds is 3. The molecular weight excluding hydrogens is 277 g/mol. The van der Waals surface area contributed by atoms with Crippen molar-refractivity contribution in [2.45, 2.75) is 18.9 Å². The van der Waals surface area contributed by atoms with Crippen LogP contribution in [0.15, 0.2) is 18.3 Å². The summed E-state index contributed by atoms with van der Waals surface area (Å²) in [5.41, 5.74) is 0.517. The number of hydrogen-bond donors (Lipinski definition) is 0. The monoisotopic (exact) mass is 293 g/mol. The van der Waals surface area contributed by atoms with E-state index in [4.69, 9.17) is 7.85 Å². The number of pyridine rings is 1. The Balaban J connectivity index is 2.25. The van der Waals surface area contributed by atoms with Crippen molar-refractivity contribution in [2.75, 3.05) is 24.7 Å². The number of carbonyl (C=O) groups excluding carboxylic acids is 1. The second-order valence-corrected chi connectivity index (χ2v) is 6.92. The van der Waals surface area contributed by atoms with Gasteiger partial charge >= 0.3 is 0 Å². The molecule has 1 unspecified atom stereocenters. The zero-order valence-corrected chi connectivity index (χ0v) is 12.3. The van der Waals surface area contributed by atoms with E-state index >= 15 is 0 Å². The van der Waals surface area contributed by atoms with Crippen molar-refractivity contribution in [3.63, 3.8) is 0 Å². The van der Waals surface area contributed by atoms with Crippen LogP contribution in [0.1, 0.15) is 12.8 Å². The quantitative estimate of drug-likeness (QED) is 0.688. The van der Waals surface area contributed by atoms with Gasteiger partial charge in [0.2, 0.25) is 15.9 Å². The zero-order chi connectivity index (χ0) is 14.9. The third-order valence-electron chi connectivity index (χ3n) is 3.42. The first-order chi connectivity index (χ1) is 9.30. The van der Waals surface area contributed by atoms with Gasteiger partial charge in [0.15, 0.2) is 0 Å². The smallest absolute Gasteiger partial charge is 0.246 e. The second-order valence-electron chi connectivity index (χ2n) is 4.88. The Hall–Kier alpha value is -1.41. The first-order valence-corrected chi connectivity index (χ1v) is 8.11. The third-order valence-corrected chi connectivity index (χ3v) is 4.72. The molecule has 2 heterocycles. The molecule has 1 saturated heterocycles. The summed E-state index contributed by atoms with van der Waals surface area (Å²) in [5, 5.41) is 0. The summed E-state index contributed by atoms with van der Waals surface area (Å²) in [4.78, 5) is 18.1.